The minimum absolute atomic E-state index is 0.683. The summed E-state index contributed by atoms with van der Waals surface area (Å²) in [6.07, 6.45) is 8.83. The van der Waals surface area contributed by atoms with Crippen molar-refractivity contribution in [2.45, 2.75) is 31.7 Å². The van der Waals surface area contributed by atoms with Crippen LogP contribution in [-0.4, -0.2) is 56.9 Å². The molecule has 2 saturated heterocycles. The molecule has 4 heterocycles. The molecule has 0 bridgehead atoms. The van der Waals surface area contributed by atoms with Gasteiger partial charge in [0.2, 0.25) is 0 Å². The van der Waals surface area contributed by atoms with Gasteiger partial charge in [-0.1, -0.05) is 0 Å². The maximum absolute atomic E-state index is 4.55. The van der Waals surface area contributed by atoms with Crippen LogP contribution in [0.5, 0.6) is 0 Å². The van der Waals surface area contributed by atoms with E-state index in [4.69, 9.17) is 0 Å². The zero-order chi connectivity index (χ0) is 14.2. The third-order valence-electron chi connectivity index (χ3n) is 4.86. The molecule has 2 fully saturated rings. The highest BCUT2D eigenvalue weighted by Gasteiger charge is 2.28. The van der Waals surface area contributed by atoms with E-state index >= 15 is 0 Å². The Labute approximate surface area is 124 Å². The van der Waals surface area contributed by atoms with Gasteiger partial charge in [-0.05, 0) is 38.8 Å². The zero-order valence-corrected chi connectivity index (χ0v) is 12.6. The predicted octanol–water partition coefficient (Wildman–Crippen LogP) is 1.43. The monoisotopic (exact) mass is 286 g/mol. The Balaban J connectivity index is 1.62. The lowest BCUT2D eigenvalue weighted by Gasteiger charge is -2.38. The highest BCUT2D eigenvalue weighted by Crippen LogP contribution is 2.27. The van der Waals surface area contributed by atoms with E-state index in [1.165, 1.54) is 38.8 Å². The summed E-state index contributed by atoms with van der Waals surface area (Å²) in [7, 11) is 1.93. The Morgan fingerprint density at radius 3 is 2.81 bits per heavy atom. The smallest absolute Gasteiger partial charge is 0.163 e. The largest absolute Gasteiger partial charge is 0.354 e. The van der Waals surface area contributed by atoms with Crippen molar-refractivity contribution in [1.29, 1.82) is 0 Å². The van der Waals surface area contributed by atoms with Crippen LogP contribution in [0.3, 0.4) is 0 Å². The summed E-state index contributed by atoms with van der Waals surface area (Å²) < 4.78 is 1.82. The van der Waals surface area contributed by atoms with Crippen molar-refractivity contribution >= 4 is 16.9 Å². The molecule has 112 valence electrons. The molecule has 2 aliphatic heterocycles. The summed E-state index contributed by atoms with van der Waals surface area (Å²) in [5.41, 5.74) is 0.920. The molecule has 4 rings (SSSR count). The minimum Gasteiger partial charge on any atom is -0.354 e. The normalized spacial score (nSPS) is 24.0. The van der Waals surface area contributed by atoms with Crippen molar-refractivity contribution < 1.29 is 0 Å². The summed E-state index contributed by atoms with van der Waals surface area (Å²) in [5.74, 6) is 1.05. The molecule has 0 radical (unpaired) electrons. The van der Waals surface area contributed by atoms with Crippen molar-refractivity contribution in [2.24, 2.45) is 7.05 Å². The Morgan fingerprint density at radius 2 is 1.95 bits per heavy atom. The molecule has 2 aliphatic rings. The fourth-order valence-electron chi connectivity index (χ4n) is 3.75. The topological polar surface area (TPSA) is 50.1 Å². The van der Waals surface area contributed by atoms with Crippen LogP contribution in [0.2, 0.25) is 0 Å². The summed E-state index contributed by atoms with van der Waals surface area (Å²) in [6.45, 7) is 4.71. The van der Waals surface area contributed by atoms with Crippen LogP contribution in [0.15, 0.2) is 12.5 Å². The number of rotatable bonds is 2. The first-order valence-electron chi connectivity index (χ1n) is 7.94. The second kappa shape index (κ2) is 5.26. The molecular weight excluding hydrogens is 264 g/mol. The molecule has 2 aromatic heterocycles. The average molecular weight is 286 g/mol. The standard InChI is InChI=1S/C15H22N6/c1-19-14-13(9-18-19)15(17-11-16-14)21-8-4-5-12(10-21)20-6-2-3-7-20/h9,11-12H,2-8,10H2,1H3. The first kappa shape index (κ1) is 13.0. The van der Waals surface area contributed by atoms with Crippen molar-refractivity contribution in [3.05, 3.63) is 12.5 Å². The lowest BCUT2D eigenvalue weighted by atomic mass is 10.0. The molecule has 0 saturated carbocycles. The van der Waals surface area contributed by atoms with E-state index in [0.717, 1.165) is 29.9 Å². The van der Waals surface area contributed by atoms with Gasteiger partial charge in [-0.3, -0.25) is 9.58 Å². The van der Waals surface area contributed by atoms with Crippen molar-refractivity contribution in [3.8, 4) is 0 Å². The summed E-state index contributed by atoms with van der Waals surface area (Å²) in [6, 6.07) is 0.683. The predicted molar refractivity (Wildman–Crippen MR) is 82.3 cm³/mol. The first-order chi connectivity index (χ1) is 10.3. The molecular formula is C15H22N6. The third-order valence-corrected chi connectivity index (χ3v) is 4.86. The maximum Gasteiger partial charge on any atom is 0.163 e. The van der Waals surface area contributed by atoms with E-state index in [0.29, 0.717) is 6.04 Å². The number of aryl methyl sites for hydroxylation is 1. The first-order valence-corrected chi connectivity index (χ1v) is 7.94. The third kappa shape index (κ3) is 2.27. The summed E-state index contributed by atoms with van der Waals surface area (Å²) in [4.78, 5) is 14.0. The van der Waals surface area contributed by atoms with Gasteiger partial charge in [0.25, 0.3) is 0 Å². The van der Waals surface area contributed by atoms with Gasteiger partial charge in [-0.25, -0.2) is 9.97 Å². The van der Waals surface area contributed by atoms with Crippen LogP contribution in [-0.2, 0) is 7.05 Å². The Bertz CT molecular complexity index is 630. The molecule has 0 spiro atoms. The second-order valence-electron chi connectivity index (χ2n) is 6.19. The van der Waals surface area contributed by atoms with Crippen molar-refractivity contribution in [1.82, 2.24) is 24.6 Å². The minimum atomic E-state index is 0.683. The van der Waals surface area contributed by atoms with Crippen LogP contribution in [0, 0.1) is 0 Å². The van der Waals surface area contributed by atoms with E-state index in [1.54, 1.807) is 6.33 Å². The molecule has 1 unspecified atom stereocenters. The van der Waals surface area contributed by atoms with E-state index < -0.39 is 0 Å². The second-order valence-corrected chi connectivity index (χ2v) is 6.19. The lowest BCUT2D eigenvalue weighted by molar-refractivity contribution is 0.215. The highest BCUT2D eigenvalue weighted by atomic mass is 15.3. The van der Waals surface area contributed by atoms with Crippen molar-refractivity contribution in [3.63, 3.8) is 0 Å². The van der Waals surface area contributed by atoms with Gasteiger partial charge in [-0.15, -0.1) is 0 Å². The number of anilines is 1. The van der Waals surface area contributed by atoms with E-state index in [-0.39, 0.29) is 0 Å². The molecule has 6 nitrogen and oxygen atoms in total. The van der Waals surface area contributed by atoms with Crippen molar-refractivity contribution in [2.75, 3.05) is 31.1 Å². The molecule has 21 heavy (non-hydrogen) atoms. The van der Waals surface area contributed by atoms with Gasteiger partial charge in [0.05, 0.1) is 11.6 Å². The van der Waals surface area contributed by atoms with Crippen LogP contribution >= 0.6 is 0 Å². The Kier molecular flexibility index (Phi) is 3.25. The molecule has 0 aliphatic carbocycles. The van der Waals surface area contributed by atoms with E-state index in [2.05, 4.69) is 24.9 Å². The number of hydrogen-bond acceptors (Lipinski definition) is 5. The fourth-order valence-corrected chi connectivity index (χ4v) is 3.75. The molecule has 2 aromatic rings. The number of likely N-dealkylation sites (tertiary alicyclic amines) is 1. The number of hydrogen-bond donors (Lipinski definition) is 0. The number of nitrogens with zero attached hydrogens (tertiary/aromatic N) is 6. The van der Waals surface area contributed by atoms with Crippen LogP contribution in [0.4, 0.5) is 5.82 Å². The molecule has 0 N–H and O–H groups in total. The lowest BCUT2D eigenvalue weighted by Crippen LogP contribution is -2.47. The number of piperidine rings is 1. The van der Waals surface area contributed by atoms with Gasteiger partial charge in [0.1, 0.15) is 12.1 Å². The zero-order valence-electron chi connectivity index (χ0n) is 12.6. The SMILES string of the molecule is Cn1ncc2c(N3CCCC(N4CCCC4)C3)ncnc21. The summed E-state index contributed by atoms with van der Waals surface area (Å²) >= 11 is 0. The van der Waals surface area contributed by atoms with E-state index in [1.807, 2.05) is 17.9 Å². The quantitative estimate of drug-likeness (QED) is 0.836. The van der Waals surface area contributed by atoms with Gasteiger partial charge < -0.3 is 4.90 Å². The highest BCUT2D eigenvalue weighted by molar-refractivity contribution is 5.86. The van der Waals surface area contributed by atoms with Gasteiger partial charge in [-0.2, -0.15) is 5.10 Å². The molecule has 1 atom stereocenters. The van der Waals surface area contributed by atoms with Crippen LogP contribution in [0.25, 0.3) is 11.0 Å². The van der Waals surface area contributed by atoms with Gasteiger partial charge in [0, 0.05) is 26.2 Å². The van der Waals surface area contributed by atoms with Crippen LogP contribution < -0.4 is 4.90 Å². The van der Waals surface area contributed by atoms with Gasteiger partial charge in [0.15, 0.2) is 5.65 Å². The number of aromatic nitrogens is 4. The maximum atomic E-state index is 4.55. The molecule has 0 aromatic carbocycles. The fraction of sp³-hybridized carbons (Fsp3) is 0.667. The van der Waals surface area contributed by atoms with E-state index in [9.17, 15) is 0 Å². The Morgan fingerprint density at radius 1 is 1.10 bits per heavy atom. The van der Waals surface area contributed by atoms with Crippen LogP contribution in [0.1, 0.15) is 25.7 Å². The Hall–Kier alpha value is -1.69. The molecule has 0 amide bonds. The average Bonchev–Trinajstić information content (AvgIpc) is 3.18. The van der Waals surface area contributed by atoms with Gasteiger partial charge >= 0.3 is 0 Å². The number of fused-ring (bicyclic) bond motifs is 1. The molecule has 6 heteroatoms. The summed E-state index contributed by atoms with van der Waals surface area (Å²) in [5, 5.41) is 5.40.